The predicted molar refractivity (Wildman–Crippen MR) is 56.6 cm³/mol. The first-order chi connectivity index (χ1) is 6.02. The molecule has 1 saturated carbocycles. The van der Waals surface area contributed by atoms with Gasteiger partial charge < -0.3 is 5.11 Å². The lowest BCUT2D eigenvalue weighted by molar-refractivity contribution is -0.0586. The fourth-order valence-corrected chi connectivity index (χ4v) is 2.71. The lowest BCUT2D eigenvalue weighted by atomic mass is 9.74. The number of aliphatic hydroxyl groups is 1. The highest BCUT2D eigenvalue weighted by Gasteiger charge is 2.43. The van der Waals surface area contributed by atoms with Crippen LogP contribution in [0.4, 0.5) is 0 Å². The minimum atomic E-state index is -0.366. The van der Waals surface area contributed by atoms with Crippen LogP contribution in [0.2, 0.25) is 0 Å². The number of hydrogen-bond acceptors (Lipinski definition) is 1. The molecule has 0 aromatic heterocycles. The van der Waals surface area contributed by atoms with Gasteiger partial charge in [-0.25, -0.2) is 0 Å². The summed E-state index contributed by atoms with van der Waals surface area (Å²) in [6.07, 6.45) is 4.60. The van der Waals surface area contributed by atoms with Crippen molar-refractivity contribution in [1.29, 1.82) is 0 Å². The molecule has 1 nitrogen and oxygen atoms in total. The Balaban J connectivity index is 2.67. The van der Waals surface area contributed by atoms with E-state index in [1.54, 1.807) is 0 Å². The highest BCUT2D eigenvalue weighted by atomic mass is 16.3. The number of rotatable bonds is 3. The number of hydrogen-bond donors (Lipinski definition) is 1. The molecule has 1 aliphatic rings. The molecule has 1 N–H and O–H groups in total. The second-order valence-corrected chi connectivity index (χ2v) is 4.96. The maximum Gasteiger partial charge on any atom is 0.0701 e. The fraction of sp³-hybridized carbons (Fsp3) is 1.00. The van der Waals surface area contributed by atoms with E-state index in [2.05, 4.69) is 27.7 Å². The lowest BCUT2D eigenvalue weighted by Gasteiger charge is -2.37. The Morgan fingerprint density at radius 1 is 1.46 bits per heavy atom. The third kappa shape index (κ3) is 1.90. The normalized spacial score (nSPS) is 39.0. The minimum Gasteiger partial charge on any atom is -0.389 e. The van der Waals surface area contributed by atoms with Crippen LogP contribution in [0.1, 0.15) is 53.4 Å². The predicted octanol–water partition coefficient (Wildman–Crippen LogP) is 3.22. The molecule has 0 spiro atoms. The van der Waals surface area contributed by atoms with Crippen molar-refractivity contribution in [2.75, 3.05) is 0 Å². The van der Waals surface area contributed by atoms with Gasteiger partial charge in [-0.05, 0) is 30.6 Å². The largest absolute Gasteiger partial charge is 0.389 e. The van der Waals surface area contributed by atoms with Gasteiger partial charge in [0.05, 0.1) is 5.60 Å². The van der Waals surface area contributed by atoms with E-state index in [4.69, 9.17) is 0 Å². The molecular weight excluding hydrogens is 160 g/mol. The summed E-state index contributed by atoms with van der Waals surface area (Å²) in [7, 11) is 0. The van der Waals surface area contributed by atoms with Crippen molar-refractivity contribution in [2.45, 2.75) is 59.0 Å². The van der Waals surface area contributed by atoms with Gasteiger partial charge in [0.25, 0.3) is 0 Å². The zero-order valence-electron chi connectivity index (χ0n) is 9.51. The summed E-state index contributed by atoms with van der Waals surface area (Å²) in [4.78, 5) is 0. The third-order valence-corrected chi connectivity index (χ3v) is 4.35. The van der Waals surface area contributed by atoms with Crippen LogP contribution in [-0.4, -0.2) is 10.7 Å². The van der Waals surface area contributed by atoms with E-state index in [9.17, 15) is 5.11 Å². The van der Waals surface area contributed by atoms with Crippen LogP contribution in [0.15, 0.2) is 0 Å². The summed E-state index contributed by atoms with van der Waals surface area (Å²) in [5.41, 5.74) is -0.366. The molecule has 4 atom stereocenters. The quantitative estimate of drug-likeness (QED) is 0.714. The van der Waals surface area contributed by atoms with Gasteiger partial charge in [-0.3, -0.25) is 0 Å². The third-order valence-electron chi connectivity index (χ3n) is 4.35. The molecule has 78 valence electrons. The molecule has 0 heterocycles. The standard InChI is InChI=1S/C12H24O/c1-5-9(2)11(4)12(13)8-6-7-10(12)3/h9-11,13H,5-8H2,1-4H3. The van der Waals surface area contributed by atoms with Gasteiger partial charge in [0.1, 0.15) is 0 Å². The Morgan fingerprint density at radius 3 is 2.46 bits per heavy atom. The zero-order valence-corrected chi connectivity index (χ0v) is 9.51. The molecule has 13 heavy (non-hydrogen) atoms. The molecule has 1 rings (SSSR count). The van der Waals surface area contributed by atoms with E-state index in [1.807, 2.05) is 0 Å². The van der Waals surface area contributed by atoms with E-state index >= 15 is 0 Å². The Labute approximate surface area is 82.5 Å². The Bertz CT molecular complexity index is 167. The van der Waals surface area contributed by atoms with E-state index in [0.29, 0.717) is 17.8 Å². The highest BCUT2D eigenvalue weighted by Crippen LogP contribution is 2.43. The smallest absolute Gasteiger partial charge is 0.0701 e. The summed E-state index contributed by atoms with van der Waals surface area (Å²) in [6.45, 7) is 8.89. The van der Waals surface area contributed by atoms with Gasteiger partial charge in [0.15, 0.2) is 0 Å². The summed E-state index contributed by atoms with van der Waals surface area (Å²) >= 11 is 0. The summed E-state index contributed by atoms with van der Waals surface area (Å²) in [6, 6.07) is 0. The van der Waals surface area contributed by atoms with E-state index in [0.717, 1.165) is 6.42 Å². The Kier molecular flexibility index (Phi) is 3.39. The van der Waals surface area contributed by atoms with Crippen LogP contribution in [0.3, 0.4) is 0 Å². The van der Waals surface area contributed by atoms with Crippen molar-refractivity contribution in [3.8, 4) is 0 Å². The van der Waals surface area contributed by atoms with Gasteiger partial charge >= 0.3 is 0 Å². The molecule has 0 aromatic rings. The van der Waals surface area contributed by atoms with Gasteiger partial charge in [-0.1, -0.05) is 40.5 Å². The SMILES string of the molecule is CCC(C)C(C)C1(O)CCCC1C. The van der Waals surface area contributed by atoms with Gasteiger partial charge in [0, 0.05) is 0 Å². The molecule has 0 bridgehead atoms. The minimum absolute atomic E-state index is 0.366. The van der Waals surface area contributed by atoms with Crippen molar-refractivity contribution >= 4 is 0 Å². The first-order valence-electron chi connectivity index (χ1n) is 5.74. The average molecular weight is 184 g/mol. The summed E-state index contributed by atoms with van der Waals surface area (Å²) < 4.78 is 0. The molecular formula is C12H24O. The van der Waals surface area contributed by atoms with Gasteiger partial charge in [0.2, 0.25) is 0 Å². The Hall–Kier alpha value is -0.0400. The molecule has 0 saturated heterocycles. The maximum absolute atomic E-state index is 10.5. The van der Waals surface area contributed by atoms with Crippen molar-refractivity contribution in [3.63, 3.8) is 0 Å². The van der Waals surface area contributed by atoms with Crippen LogP contribution in [-0.2, 0) is 0 Å². The van der Waals surface area contributed by atoms with Crippen LogP contribution >= 0.6 is 0 Å². The zero-order chi connectivity index (χ0) is 10.1. The maximum atomic E-state index is 10.5. The monoisotopic (exact) mass is 184 g/mol. The lowest BCUT2D eigenvalue weighted by Crippen LogP contribution is -2.41. The second-order valence-electron chi connectivity index (χ2n) is 4.96. The van der Waals surface area contributed by atoms with Gasteiger partial charge in [-0.2, -0.15) is 0 Å². The summed E-state index contributed by atoms with van der Waals surface area (Å²) in [5.74, 6) is 1.59. The van der Waals surface area contributed by atoms with Crippen molar-refractivity contribution in [2.24, 2.45) is 17.8 Å². The van der Waals surface area contributed by atoms with E-state index in [-0.39, 0.29) is 5.60 Å². The van der Waals surface area contributed by atoms with Gasteiger partial charge in [-0.15, -0.1) is 0 Å². The molecule has 1 heteroatoms. The fourth-order valence-electron chi connectivity index (χ4n) is 2.71. The topological polar surface area (TPSA) is 20.2 Å². The molecule has 1 fully saturated rings. The van der Waals surface area contributed by atoms with E-state index < -0.39 is 0 Å². The van der Waals surface area contributed by atoms with Crippen molar-refractivity contribution < 1.29 is 5.11 Å². The second kappa shape index (κ2) is 4.00. The van der Waals surface area contributed by atoms with Crippen molar-refractivity contribution in [3.05, 3.63) is 0 Å². The average Bonchev–Trinajstić information content (AvgIpc) is 2.46. The molecule has 4 unspecified atom stereocenters. The first kappa shape index (κ1) is 11.0. The highest BCUT2D eigenvalue weighted by molar-refractivity contribution is 4.95. The van der Waals surface area contributed by atoms with E-state index in [1.165, 1.54) is 19.3 Å². The van der Waals surface area contributed by atoms with Crippen LogP contribution in [0, 0.1) is 17.8 Å². The van der Waals surface area contributed by atoms with Crippen LogP contribution in [0.5, 0.6) is 0 Å². The van der Waals surface area contributed by atoms with Crippen LogP contribution < -0.4 is 0 Å². The Morgan fingerprint density at radius 2 is 2.08 bits per heavy atom. The molecule has 1 aliphatic carbocycles. The molecule has 0 aromatic carbocycles. The summed E-state index contributed by atoms with van der Waals surface area (Å²) in [5, 5.41) is 10.5. The molecule has 0 amide bonds. The molecule has 0 radical (unpaired) electrons. The van der Waals surface area contributed by atoms with Crippen molar-refractivity contribution in [1.82, 2.24) is 0 Å². The van der Waals surface area contributed by atoms with Crippen LogP contribution in [0.25, 0.3) is 0 Å². The first-order valence-corrected chi connectivity index (χ1v) is 5.74. The molecule has 0 aliphatic heterocycles.